The van der Waals surface area contributed by atoms with Gasteiger partial charge >= 0.3 is 18.1 Å². The van der Waals surface area contributed by atoms with E-state index in [9.17, 15) is 22.8 Å². The molecule has 0 heterocycles. The first-order valence-electron chi connectivity index (χ1n) is 6.76. The first-order chi connectivity index (χ1) is 9.67. The average molecular weight is 308 g/mol. The van der Waals surface area contributed by atoms with Crippen molar-refractivity contribution in [2.45, 2.75) is 51.3 Å². The van der Waals surface area contributed by atoms with Gasteiger partial charge in [-0.05, 0) is 38.5 Å². The summed E-state index contributed by atoms with van der Waals surface area (Å²) in [6.45, 7) is 5.28. The van der Waals surface area contributed by atoms with Gasteiger partial charge in [0.2, 0.25) is 0 Å². The summed E-state index contributed by atoms with van der Waals surface area (Å²) in [5, 5.41) is 0. The van der Waals surface area contributed by atoms with Crippen LogP contribution in [0.3, 0.4) is 0 Å². The Balaban J connectivity index is 2.25. The maximum atomic E-state index is 12.0. The molecule has 21 heavy (non-hydrogen) atoms. The fourth-order valence-electron chi connectivity index (χ4n) is 2.12. The van der Waals surface area contributed by atoms with E-state index in [2.05, 4.69) is 6.58 Å². The van der Waals surface area contributed by atoms with Gasteiger partial charge in [0.25, 0.3) is 0 Å². The van der Waals surface area contributed by atoms with Crippen LogP contribution in [-0.4, -0.2) is 30.8 Å². The lowest BCUT2D eigenvalue weighted by Crippen LogP contribution is -2.28. The molecule has 0 aromatic rings. The van der Waals surface area contributed by atoms with Crippen LogP contribution in [0, 0.1) is 5.92 Å². The van der Waals surface area contributed by atoms with E-state index in [4.69, 9.17) is 9.47 Å². The molecule has 0 bridgehead atoms. The van der Waals surface area contributed by atoms with E-state index in [1.807, 2.05) is 0 Å². The summed E-state index contributed by atoms with van der Waals surface area (Å²) in [5.74, 6) is -1.54. The molecule has 1 rings (SSSR count). The van der Waals surface area contributed by atoms with Crippen LogP contribution in [0.2, 0.25) is 0 Å². The second-order valence-electron chi connectivity index (χ2n) is 5.30. The minimum atomic E-state index is -4.54. The Morgan fingerprint density at radius 2 is 1.76 bits per heavy atom. The number of rotatable bonds is 5. The Hall–Kier alpha value is -1.53. The van der Waals surface area contributed by atoms with E-state index in [1.165, 1.54) is 0 Å². The quantitative estimate of drug-likeness (QED) is 0.578. The van der Waals surface area contributed by atoms with Crippen LogP contribution < -0.4 is 0 Å². The Kier molecular flexibility index (Phi) is 6.23. The molecule has 4 nitrogen and oxygen atoms in total. The number of hydrogen-bond acceptors (Lipinski definition) is 4. The summed E-state index contributed by atoms with van der Waals surface area (Å²) in [7, 11) is 0. The van der Waals surface area contributed by atoms with Crippen molar-refractivity contribution in [1.29, 1.82) is 0 Å². The lowest BCUT2D eigenvalue weighted by Gasteiger charge is -2.28. The minimum Gasteiger partial charge on any atom is -0.462 e. The molecule has 1 saturated carbocycles. The molecule has 7 heteroatoms. The van der Waals surface area contributed by atoms with E-state index in [0.717, 1.165) is 0 Å². The molecule has 1 aliphatic rings. The normalized spacial score (nSPS) is 22.5. The van der Waals surface area contributed by atoms with Crippen LogP contribution >= 0.6 is 0 Å². The monoisotopic (exact) mass is 308 g/mol. The highest BCUT2D eigenvalue weighted by molar-refractivity contribution is 5.86. The summed E-state index contributed by atoms with van der Waals surface area (Å²) in [4.78, 5) is 22.3. The van der Waals surface area contributed by atoms with Gasteiger partial charge in [0.05, 0.1) is 6.61 Å². The largest absolute Gasteiger partial charge is 0.462 e. The van der Waals surface area contributed by atoms with Gasteiger partial charge < -0.3 is 9.47 Å². The molecule has 120 valence electrons. The van der Waals surface area contributed by atoms with Gasteiger partial charge in [0, 0.05) is 5.57 Å². The minimum absolute atomic E-state index is 0.144. The lowest BCUT2D eigenvalue weighted by molar-refractivity contribution is -0.176. The molecular formula is C14H19F3O4. The Bertz CT molecular complexity index is 396. The standard InChI is InChI=1S/C14H19F3O4/c1-9(2)13(19)20-8-10-3-5-11(6-4-10)21-12(18)7-14(15,16)17/h10-11H,1,3-8H2,2H3. The van der Waals surface area contributed by atoms with Gasteiger partial charge in [-0.25, -0.2) is 4.79 Å². The zero-order valence-electron chi connectivity index (χ0n) is 11.9. The number of esters is 2. The third kappa shape index (κ3) is 7.15. The van der Waals surface area contributed by atoms with Crippen molar-refractivity contribution < 1.29 is 32.2 Å². The number of halogens is 3. The Morgan fingerprint density at radius 1 is 1.19 bits per heavy atom. The summed E-state index contributed by atoms with van der Waals surface area (Å²) < 4.78 is 45.9. The number of carbonyl (C=O) groups is 2. The molecule has 1 aliphatic carbocycles. The van der Waals surface area contributed by atoms with Gasteiger partial charge in [-0.2, -0.15) is 13.2 Å². The predicted octanol–water partition coefficient (Wildman–Crippen LogP) is 3.16. The van der Waals surface area contributed by atoms with Crippen molar-refractivity contribution in [3.05, 3.63) is 12.2 Å². The van der Waals surface area contributed by atoms with Crippen molar-refractivity contribution in [3.63, 3.8) is 0 Å². The summed E-state index contributed by atoms with van der Waals surface area (Å²) in [6.07, 6.45) is -4.31. The molecule has 0 atom stereocenters. The third-order valence-corrected chi connectivity index (χ3v) is 3.24. The van der Waals surface area contributed by atoms with E-state index < -0.39 is 30.6 Å². The SMILES string of the molecule is C=C(C)C(=O)OCC1CCC(OC(=O)CC(F)(F)F)CC1. The molecule has 0 aliphatic heterocycles. The van der Waals surface area contributed by atoms with Gasteiger partial charge in [-0.3, -0.25) is 4.79 Å². The highest BCUT2D eigenvalue weighted by atomic mass is 19.4. The molecule has 0 radical (unpaired) electrons. The van der Waals surface area contributed by atoms with Gasteiger partial charge in [-0.15, -0.1) is 0 Å². The van der Waals surface area contributed by atoms with Gasteiger partial charge in [0.15, 0.2) is 0 Å². The maximum absolute atomic E-state index is 12.0. The fourth-order valence-corrected chi connectivity index (χ4v) is 2.12. The highest BCUT2D eigenvalue weighted by Crippen LogP contribution is 2.28. The molecule has 0 aromatic heterocycles. The first kappa shape index (κ1) is 17.5. The van der Waals surface area contributed by atoms with Crippen molar-refractivity contribution in [3.8, 4) is 0 Å². The van der Waals surface area contributed by atoms with E-state index in [-0.39, 0.29) is 12.5 Å². The molecule has 0 spiro atoms. The summed E-state index contributed by atoms with van der Waals surface area (Å²) in [6, 6.07) is 0. The van der Waals surface area contributed by atoms with Gasteiger partial charge in [-0.1, -0.05) is 6.58 Å². The van der Waals surface area contributed by atoms with Crippen molar-refractivity contribution in [1.82, 2.24) is 0 Å². The van der Waals surface area contributed by atoms with Crippen LogP contribution in [0.15, 0.2) is 12.2 Å². The third-order valence-electron chi connectivity index (χ3n) is 3.24. The molecule has 0 aromatic carbocycles. The van der Waals surface area contributed by atoms with E-state index in [0.29, 0.717) is 31.3 Å². The highest BCUT2D eigenvalue weighted by Gasteiger charge is 2.34. The maximum Gasteiger partial charge on any atom is 0.399 e. The van der Waals surface area contributed by atoms with Crippen LogP contribution in [0.1, 0.15) is 39.0 Å². The second-order valence-corrected chi connectivity index (χ2v) is 5.30. The van der Waals surface area contributed by atoms with Gasteiger partial charge in [0.1, 0.15) is 12.5 Å². The Labute approximate surface area is 121 Å². The van der Waals surface area contributed by atoms with E-state index in [1.54, 1.807) is 6.92 Å². The molecule has 0 N–H and O–H groups in total. The van der Waals surface area contributed by atoms with Crippen LogP contribution in [0.4, 0.5) is 13.2 Å². The van der Waals surface area contributed by atoms with Crippen LogP contribution in [0.25, 0.3) is 0 Å². The van der Waals surface area contributed by atoms with Crippen LogP contribution in [-0.2, 0) is 19.1 Å². The molecule has 1 fully saturated rings. The topological polar surface area (TPSA) is 52.6 Å². The van der Waals surface area contributed by atoms with E-state index >= 15 is 0 Å². The van der Waals surface area contributed by atoms with Crippen molar-refractivity contribution >= 4 is 11.9 Å². The summed E-state index contributed by atoms with van der Waals surface area (Å²) >= 11 is 0. The van der Waals surface area contributed by atoms with Crippen molar-refractivity contribution in [2.75, 3.05) is 6.61 Å². The zero-order chi connectivity index (χ0) is 16.0. The predicted molar refractivity (Wildman–Crippen MR) is 68.3 cm³/mol. The second kappa shape index (κ2) is 7.47. The Morgan fingerprint density at radius 3 is 2.24 bits per heavy atom. The smallest absolute Gasteiger partial charge is 0.399 e. The molecule has 0 unspecified atom stereocenters. The number of ether oxygens (including phenoxy) is 2. The zero-order valence-corrected chi connectivity index (χ0v) is 11.9. The average Bonchev–Trinajstić information content (AvgIpc) is 2.35. The number of hydrogen-bond donors (Lipinski definition) is 0. The van der Waals surface area contributed by atoms with Crippen molar-refractivity contribution in [2.24, 2.45) is 5.92 Å². The van der Waals surface area contributed by atoms with Crippen LogP contribution in [0.5, 0.6) is 0 Å². The lowest BCUT2D eigenvalue weighted by atomic mass is 9.88. The summed E-state index contributed by atoms with van der Waals surface area (Å²) in [5.41, 5.74) is 0.324. The molecule has 0 saturated heterocycles. The number of carbonyl (C=O) groups excluding carboxylic acids is 2. The first-order valence-corrected chi connectivity index (χ1v) is 6.76. The fraction of sp³-hybridized carbons (Fsp3) is 0.714. The molecule has 0 amide bonds. The molecular weight excluding hydrogens is 289 g/mol. The number of alkyl halides is 3.